The van der Waals surface area contributed by atoms with Crippen LogP contribution in [0.4, 0.5) is 15.8 Å². The molecule has 0 saturated heterocycles. The van der Waals surface area contributed by atoms with Gasteiger partial charge in [-0.1, -0.05) is 12.1 Å². The van der Waals surface area contributed by atoms with Gasteiger partial charge in [0.05, 0.1) is 29.8 Å². The van der Waals surface area contributed by atoms with E-state index in [-0.39, 0.29) is 23.2 Å². The molecule has 0 aromatic heterocycles. The Morgan fingerprint density at radius 1 is 1.32 bits per heavy atom. The number of carbonyl (C=O) groups is 1. The number of nitrogens with zero attached hydrogens (tertiary/aromatic N) is 2. The van der Waals surface area contributed by atoms with Crippen LogP contribution in [0.2, 0.25) is 0 Å². The van der Waals surface area contributed by atoms with Gasteiger partial charge in [0.2, 0.25) is 5.91 Å². The fourth-order valence-corrected chi connectivity index (χ4v) is 3.07. The maximum atomic E-state index is 13.1. The number of non-ortho nitro benzene ring substituents is 1. The first-order valence-corrected chi connectivity index (χ1v) is 9.02. The zero-order chi connectivity index (χ0) is 20.3. The van der Waals surface area contributed by atoms with Crippen LogP contribution in [0.25, 0.3) is 0 Å². The van der Waals surface area contributed by atoms with Gasteiger partial charge in [-0.05, 0) is 43.5 Å². The van der Waals surface area contributed by atoms with Crippen LogP contribution in [0, 0.1) is 15.9 Å². The van der Waals surface area contributed by atoms with Crippen molar-refractivity contribution < 1.29 is 18.8 Å². The Balaban J connectivity index is 1.73. The Morgan fingerprint density at radius 2 is 2.00 bits per heavy atom. The number of ether oxygens (including phenoxy) is 1. The third kappa shape index (κ3) is 4.64. The molecule has 3 rings (SSSR count). The quantitative estimate of drug-likeness (QED) is 0.551. The van der Waals surface area contributed by atoms with Crippen LogP contribution in [-0.2, 0) is 11.3 Å². The third-order valence-corrected chi connectivity index (χ3v) is 4.83. The van der Waals surface area contributed by atoms with Gasteiger partial charge in [0, 0.05) is 18.7 Å². The van der Waals surface area contributed by atoms with Crippen molar-refractivity contribution in [3.63, 3.8) is 0 Å². The first kappa shape index (κ1) is 19.8. The van der Waals surface area contributed by atoms with Crippen molar-refractivity contribution in [1.29, 1.82) is 0 Å². The summed E-state index contributed by atoms with van der Waals surface area (Å²) in [5.74, 6) is -0.301. The molecule has 0 spiro atoms. The Morgan fingerprint density at radius 3 is 2.57 bits per heavy atom. The molecule has 1 atom stereocenters. The molecule has 148 valence electrons. The third-order valence-electron chi connectivity index (χ3n) is 4.83. The molecule has 7 nitrogen and oxygen atoms in total. The van der Waals surface area contributed by atoms with Crippen molar-refractivity contribution in [2.24, 2.45) is 0 Å². The molecule has 0 aliphatic heterocycles. The van der Waals surface area contributed by atoms with E-state index >= 15 is 0 Å². The molecule has 0 unspecified atom stereocenters. The molecule has 0 radical (unpaired) electrons. The highest BCUT2D eigenvalue weighted by Crippen LogP contribution is 2.32. The average molecular weight is 387 g/mol. The van der Waals surface area contributed by atoms with Gasteiger partial charge in [-0.15, -0.1) is 0 Å². The molecule has 0 heterocycles. The Bertz CT molecular complexity index is 868. The van der Waals surface area contributed by atoms with Crippen molar-refractivity contribution in [1.82, 2.24) is 4.90 Å². The minimum absolute atomic E-state index is 0.112. The number of hydrogen-bond donors (Lipinski definition) is 1. The molecule has 1 N–H and O–H groups in total. The van der Waals surface area contributed by atoms with Crippen molar-refractivity contribution in [3.8, 4) is 5.75 Å². The van der Waals surface area contributed by atoms with E-state index in [2.05, 4.69) is 10.2 Å². The van der Waals surface area contributed by atoms with E-state index in [1.807, 2.05) is 6.92 Å². The number of nitrogens with one attached hydrogen (secondary N) is 1. The van der Waals surface area contributed by atoms with E-state index in [0.717, 1.165) is 18.4 Å². The van der Waals surface area contributed by atoms with Crippen molar-refractivity contribution in [2.45, 2.75) is 38.4 Å². The topological polar surface area (TPSA) is 84.7 Å². The highest BCUT2D eigenvalue weighted by Gasteiger charge is 2.35. The van der Waals surface area contributed by atoms with Gasteiger partial charge >= 0.3 is 0 Å². The van der Waals surface area contributed by atoms with E-state index < -0.39 is 11.0 Å². The zero-order valence-corrected chi connectivity index (χ0v) is 15.7. The number of benzene rings is 2. The molecule has 1 saturated carbocycles. The van der Waals surface area contributed by atoms with Gasteiger partial charge in [-0.25, -0.2) is 4.39 Å². The van der Waals surface area contributed by atoms with Crippen molar-refractivity contribution in [2.75, 3.05) is 12.4 Å². The molecule has 1 aliphatic carbocycles. The number of methoxy groups -OCH3 is 1. The summed E-state index contributed by atoms with van der Waals surface area (Å²) in [5, 5.41) is 13.7. The minimum atomic E-state index is -0.520. The number of nitro benzene ring substituents is 1. The summed E-state index contributed by atoms with van der Waals surface area (Å²) in [6, 6.07) is 10.2. The lowest BCUT2D eigenvalue weighted by Gasteiger charge is -2.28. The van der Waals surface area contributed by atoms with E-state index in [9.17, 15) is 19.3 Å². The van der Waals surface area contributed by atoms with Gasteiger partial charge in [0.25, 0.3) is 5.69 Å². The van der Waals surface area contributed by atoms with Crippen LogP contribution in [0.5, 0.6) is 5.75 Å². The number of rotatable bonds is 8. The summed E-state index contributed by atoms with van der Waals surface area (Å²) in [6.07, 6.45) is 2.03. The molecule has 28 heavy (non-hydrogen) atoms. The number of nitro groups is 1. The average Bonchev–Trinajstić information content (AvgIpc) is 3.52. The fraction of sp³-hybridized carbons (Fsp3) is 0.350. The Labute approximate surface area is 162 Å². The van der Waals surface area contributed by atoms with Crippen LogP contribution >= 0.6 is 0 Å². The number of amides is 1. The second-order valence-electron chi connectivity index (χ2n) is 6.84. The number of anilines is 1. The van der Waals surface area contributed by atoms with Crippen molar-refractivity contribution >= 4 is 17.3 Å². The van der Waals surface area contributed by atoms with Crippen LogP contribution < -0.4 is 10.1 Å². The van der Waals surface area contributed by atoms with E-state index in [0.29, 0.717) is 18.3 Å². The highest BCUT2D eigenvalue weighted by molar-refractivity contribution is 5.96. The van der Waals surface area contributed by atoms with E-state index in [1.54, 1.807) is 12.1 Å². The largest absolute Gasteiger partial charge is 0.494 e. The van der Waals surface area contributed by atoms with E-state index in [1.165, 1.54) is 37.4 Å². The fourth-order valence-electron chi connectivity index (χ4n) is 3.07. The maximum absolute atomic E-state index is 13.1. The van der Waals surface area contributed by atoms with Gasteiger partial charge in [0.15, 0.2) is 0 Å². The smallest absolute Gasteiger partial charge is 0.273 e. The van der Waals surface area contributed by atoms with Crippen LogP contribution in [-0.4, -0.2) is 34.9 Å². The summed E-state index contributed by atoms with van der Waals surface area (Å²) >= 11 is 0. The molecule has 8 heteroatoms. The second-order valence-corrected chi connectivity index (χ2v) is 6.84. The number of hydrogen-bond acceptors (Lipinski definition) is 5. The standard InChI is InChI=1S/C20H22FN3O4/c1-13(23(16-7-8-16)12-14-3-5-15(21)6-4-14)20(25)22-18-10-9-17(24(26)27)11-19(18)28-2/h3-6,9-11,13,16H,7-8,12H2,1-2H3,(H,22,25)/t13-/m1/s1. The second kappa shape index (κ2) is 8.35. The summed E-state index contributed by atoms with van der Waals surface area (Å²) in [7, 11) is 1.39. The molecule has 1 aliphatic rings. The predicted molar refractivity (Wildman–Crippen MR) is 103 cm³/mol. The Hall–Kier alpha value is -3.00. The first-order chi connectivity index (χ1) is 13.4. The molecule has 2 aromatic rings. The summed E-state index contributed by atoms with van der Waals surface area (Å²) in [5.41, 5.74) is 1.20. The Kier molecular flexibility index (Phi) is 5.89. The molecule has 1 amide bonds. The summed E-state index contributed by atoms with van der Waals surface area (Å²) < 4.78 is 18.3. The van der Waals surface area contributed by atoms with Gasteiger partial charge in [-0.3, -0.25) is 19.8 Å². The molecular weight excluding hydrogens is 365 g/mol. The molecular formula is C20H22FN3O4. The lowest BCUT2D eigenvalue weighted by atomic mass is 10.1. The van der Waals surface area contributed by atoms with E-state index in [4.69, 9.17) is 4.74 Å². The minimum Gasteiger partial charge on any atom is -0.494 e. The van der Waals surface area contributed by atoms with Crippen LogP contribution in [0.1, 0.15) is 25.3 Å². The lowest BCUT2D eigenvalue weighted by Crippen LogP contribution is -2.43. The zero-order valence-electron chi connectivity index (χ0n) is 15.7. The SMILES string of the molecule is COc1cc([N+](=O)[O-])ccc1NC(=O)[C@@H](C)N(Cc1ccc(F)cc1)C1CC1. The van der Waals surface area contributed by atoms with Crippen molar-refractivity contribution in [3.05, 3.63) is 64.0 Å². The maximum Gasteiger partial charge on any atom is 0.273 e. The molecule has 2 aromatic carbocycles. The number of halogens is 1. The number of carbonyl (C=O) groups excluding carboxylic acids is 1. The monoisotopic (exact) mass is 387 g/mol. The first-order valence-electron chi connectivity index (χ1n) is 9.02. The van der Waals surface area contributed by atoms with Gasteiger partial charge < -0.3 is 10.1 Å². The van der Waals surface area contributed by atoms with Crippen LogP contribution in [0.15, 0.2) is 42.5 Å². The normalized spacial score (nSPS) is 14.6. The predicted octanol–water partition coefficient (Wildman–Crippen LogP) is 3.73. The highest BCUT2D eigenvalue weighted by atomic mass is 19.1. The molecule has 0 bridgehead atoms. The van der Waals surface area contributed by atoms with Crippen LogP contribution in [0.3, 0.4) is 0 Å². The van der Waals surface area contributed by atoms with Gasteiger partial charge in [-0.2, -0.15) is 0 Å². The summed E-state index contributed by atoms with van der Waals surface area (Å²) in [6.45, 7) is 2.35. The lowest BCUT2D eigenvalue weighted by molar-refractivity contribution is -0.384. The van der Waals surface area contributed by atoms with Gasteiger partial charge in [0.1, 0.15) is 11.6 Å². The molecule has 1 fully saturated rings. The summed E-state index contributed by atoms with van der Waals surface area (Å²) in [4.78, 5) is 25.3.